The number of carbonyl (C=O) groups is 1. The number of anilines is 1. The van der Waals surface area contributed by atoms with E-state index in [0.717, 1.165) is 4.57 Å². The van der Waals surface area contributed by atoms with Gasteiger partial charge in [-0.3, -0.25) is 18.7 Å². The summed E-state index contributed by atoms with van der Waals surface area (Å²) in [4.78, 5) is 45.0. The molecule has 0 saturated heterocycles. The Balaban J connectivity index is 2.16. The Morgan fingerprint density at radius 2 is 1.71 bits per heavy atom. The largest absolute Gasteiger partial charge is 0.332 e. The molecule has 0 radical (unpaired) electrons. The lowest BCUT2D eigenvalue weighted by atomic mass is 10.2. The number of nitrogens with one attached hydrogen (secondary N) is 1. The van der Waals surface area contributed by atoms with Gasteiger partial charge in [-0.2, -0.15) is 0 Å². The number of hydrogen-bond donors (Lipinski definition) is 1. The molecule has 122 valence electrons. The number of fused-ring (bicyclic) bond motifs is 1. The Labute approximate surface area is 136 Å². The van der Waals surface area contributed by atoms with Gasteiger partial charge in [0.25, 0.3) is 11.5 Å². The minimum atomic E-state index is -0.589. The zero-order chi connectivity index (χ0) is 17.4. The van der Waals surface area contributed by atoms with Gasteiger partial charge in [-0.05, 0) is 19.1 Å². The van der Waals surface area contributed by atoms with E-state index in [1.54, 1.807) is 31.2 Å². The van der Waals surface area contributed by atoms with Crippen molar-refractivity contribution < 1.29 is 4.79 Å². The Hall–Kier alpha value is -3.29. The summed E-state index contributed by atoms with van der Waals surface area (Å²) in [7, 11) is 2.86. The van der Waals surface area contributed by atoms with E-state index in [1.807, 2.05) is 6.07 Å². The number of rotatable bonds is 2. The van der Waals surface area contributed by atoms with Crippen molar-refractivity contribution in [3.63, 3.8) is 0 Å². The van der Waals surface area contributed by atoms with Crippen LogP contribution in [0, 0.1) is 6.92 Å². The van der Waals surface area contributed by atoms with Gasteiger partial charge in [0.15, 0.2) is 16.9 Å². The van der Waals surface area contributed by atoms with E-state index in [9.17, 15) is 14.4 Å². The maximum absolute atomic E-state index is 12.4. The molecular formula is C16H15N5O3. The Bertz CT molecular complexity index is 1070. The molecule has 2 heterocycles. The second-order valence-electron chi connectivity index (χ2n) is 5.36. The van der Waals surface area contributed by atoms with Crippen molar-refractivity contribution in [1.82, 2.24) is 19.1 Å². The van der Waals surface area contributed by atoms with E-state index in [-0.39, 0.29) is 16.9 Å². The van der Waals surface area contributed by atoms with E-state index in [0.29, 0.717) is 11.4 Å². The monoisotopic (exact) mass is 325 g/mol. The molecule has 8 heteroatoms. The average Bonchev–Trinajstić information content (AvgIpc) is 2.58. The summed E-state index contributed by atoms with van der Waals surface area (Å²) in [5.41, 5.74) is 0.0239. The summed E-state index contributed by atoms with van der Waals surface area (Å²) in [5.74, 6) is -0.469. The Morgan fingerprint density at radius 1 is 1.04 bits per heavy atom. The average molecular weight is 325 g/mol. The molecule has 0 fully saturated rings. The predicted octanol–water partition coefficient (Wildman–Crippen LogP) is 0.588. The van der Waals surface area contributed by atoms with Gasteiger partial charge in [-0.1, -0.05) is 18.2 Å². The third kappa shape index (κ3) is 2.47. The summed E-state index contributed by atoms with van der Waals surface area (Å²) >= 11 is 0. The molecule has 0 aliphatic rings. The standard InChI is InChI=1S/C16H15N5O3/c1-9-11(14(22)18-10-7-5-4-6-8-10)19-12-13(17-9)20(2)16(24)21(3)15(12)23/h4-8H,1-3H3,(H,18,22). The van der Waals surface area contributed by atoms with E-state index in [1.165, 1.54) is 18.7 Å². The van der Waals surface area contributed by atoms with Crippen LogP contribution in [0.2, 0.25) is 0 Å². The highest BCUT2D eigenvalue weighted by molar-refractivity contribution is 6.04. The maximum Gasteiger partial charge on any atom is 0.332 e. The molecule has 0 spiro atoms. The highest BCUT2D eigenvalue weighted by Gasteiger charge is 2.18. The van der Waals surface area contributed by atoms with Crippen LogP contribution in [-0.4, -0.2) is 25.0 Å². The first-order valence-corrected chi connectivity index (χ1v) is 7.21. The molecule has 1 N–H and O–H groups in total. The third-order valence-electron chi connectivity index (χ3n) is 3.70. The molecule has 0 atom stereocenters. The normalized spacial score (nSPS) is 10.8. The van der Waals surface area contributed by atoms with Crippen LogP contribution in [0.25, 0.3) is 11.2 Å². The highest BCUT2D eigenvalue weighted by Crippen LogP contribution is 2.11. The van der Waals surface area contributed by atoms with Crippen molar-refractivity contribution in [2.45, 2.75) is 6.92 Å². The molecule has 24 heavy (non-hydrogen) atoms. The molecule has 3 aromatic rings. The van der Waals surface area contributed by atoms with Crippen molar-refractivity contribution >= 4 is 22.8 Å². The van der Waals surface area contributed by atoms with Gasteiger partial charge >= 0.3 is 5.69 Å². The fraction of sp³-hybridized carbons (Fsp3) is 0.188. The molecule has 0 bridgehead atoms. The van der Waals surface area contributed by atoms with Crippen LogP contribution in [-0.2, 0) is 14.1 Å². The first-order valence-electron chi connectivity index (χ1n) is 7.21. The Kier molecular flexibility index (Phi) is 3.72. The van der Waals surface area contributed by atoms with Crippen LogP contribution in [0.5, 0.6) is 0 Å². The number of hydrogen-bond acceptors (Lipinski definition) is 5. The minimum absolute atomic E-state index is 0.0246. The molecule has 1 aromatic carbocycles. The van der Waals surface area contributed by atoms with Gasteiger partial charge in [0.05, 0.1) is 5.69 Å². The van der Waals surface area contributed by atoms with E-state index < -0.39 is 17.2 Å². The van der Waals surface area contributed by atoms with Crippen LogP contribution in [0.4, 0.5) is 5.69 Å². The summed E-state index contributed by atoms with van der Waals surface area (Å²) < 4.78 is 2.17. The van der Waals surface area contributed by atoms with Crippen LogP contribution >= 0.6 is 0 Å². The third-order valence-corrected chi connectivity index (χ3v) is 3.70. The van der Waals surface area contributed by atoms with Gasteiger partial charge in [-0.25, -0.2) is 14.8 Å². The number of para-hydroxylation sites is 1. The first-order chi connectivity index (χ1) is 11.4. The van der Waals surface area contributed by atoms with Crippen molar-refractivity contribution in [2.24, 2.45) is 14.1 Å². The van der Waals surface area contributed by atoms with Gasteiger partial charge in [0, 0.05) is 19.8 Å². The molecule has 0 aliphatic heterocycles. The van der Waals surface area contributed by atoms with Gasteiger partial charge in [0.2, 0.25) is 0 Å². The molecule has 2 aromatic heterocycles. The van der Waals surface area contributed by atoms with Crippen LogP contribution in [0.3, 0.4) is 0 Å². The molecule has 0 saturated carbocycles. The Morgan fingerprint density at radius 3 is 2.38 bits per heavy atom. The fourth-order valence-corrected chi connectivity index (χ4v) is 2.37. The van der Waals surface area contributed by atoms with Gasteiger partial charge in [-0.15, -0.1) is 0 Å². The van der Waals surface area contributed by atoms with Crippen molar-refractivity contribution in [1.29, 1.82) is 0 Å². The lowest BCUT2D eigenvalue weighted by Crippen LogP contribution is -2.38. The molecule has 0 aliphatic carbocycles. The number of nitrogens with zero attached hydrogens (tertiary/aromatic N) is 4. The number of aryl methyl sites for hydroxylation is 2. The topological polar surface area (TPSA) is 98.9 Å². The molecule has 0 unspecified atom stereocenters. The second kappa shape index (κ2) is 5.73. The molecular weight excluding hydrogens is 310 g/mol. The number of benzene rings is 1. The van der Waals surface area contributed by atoms with Crippen molar-refractivity contribution in [2.75, 3.05) is 5.32 Å². The molecule has 1 amide bonds. The number of aromatic nitrogens is 4. The van der Waals surface area contributed by atoms with Gasteiger partial charge in [0.1, 0.15) is 0 Å². The second-order valence-corrected chi connectivity index (χ2v) is 5.36. The van der Waals surface area contributed by atoms with E-state index in [4.69, 9.17) is 0 Å². The lowest BCUT2D eigenvalue weighted by Gasteiger charge is -2.10. The number of carbonyl (C=O) groups excluding carboxylic acids is 1. The maximum atomic E-state index is 12.4. The fourth-order valence-electron chi connectivity index (χ4n) is 2.37. The van der Waals surface area contributed by atoms with Crippen molar-refractivity contribution in [3.05, 3.63) is 62.6 Å². The van der Waals surface area contributed by atoms with E-state index in [2.05, 4.69) is 15.3 Å². The molecule has 3 rings (SSSR count). The summed E-state index contributed by atoms with van der Waals surface area (Å²) in [5, 5.41) is 2.70. The zero-order valence-electron chi connectivity index (χ0n) is 13.4. The quantitative estimate of drug-likeness (QED) is 0.743. The smallest absolute Gasteiger partial charge is 0.321 e. The van der Waals surface area contributed by atoms with Crippen molar-refractivity contribution in [3.8, 4) is 0 Å². The predicted molar refractivity (Wildman–Crippen MR) is 89.2 cm³/mol. The van der Waals surface area contributed by atoms with Gasteiger partial charge < -0.3 is 5.32 Å². The SMILES string of the molecule is Cc1nc2c(nc1C(=O)Nc1ccccc1)c(=O)n(C)c(=O)n2C. The lowest BCUT2D eigenvalue weighted by molar-refractivity contribution is 0.102. The summed E-state index contributed by atoms with van der Waals surface area (Å²) in [6.45, 7) is 1.61. The summed E-state index contributed by atoms with van der Waals surface area (Å²) in [6.07, 6.45) is 0. The van der Waals surface area contributed by atoms with Crippen LogP contribution < -0.4 is 16.6 Å². The first kappa shape index (κ1) is 15.6. The number of amides is 1. The summed E-state index contributed by atoms with van der Waals surface area (Å²) in [6, 6.07) is 8.90. The molecule has 8 nitrogen and oxygen atoms in total. The minimum Gasteiger partial charge on any atom is -0.321 e. The zero-order valence-corrected chi connectivity index (χ0v) is 13.4. The van der Waals surface area contributed by atoms with Crippen LogP contribution in [0.1, 0.15) is 16.2 Å². The van der Waals surface area contributed by atoms with Crippen LogP contribution in [0.15, 0.2) is 39.9 Å². The van der Waals surface area contributed by atoms with E-state index >= 15 is 0 Å². The highest BCUT2D eigenvalue weighted by atomic mass is 16.2.